The first kappa shape index (κ1) is 24.0. The molecule has 1 aliphatic carbocycles. The van der Waals surface area contributed by atoms with E-state index in [4.69, 9.17) is 4.74 Å². The standard InChI is InChI=1S/C28H32N2O3S/c1-33-24-15-8-12-22(18-24)27(28(32)29-23-13-6-3-7-14-23)30(20-21-10-4-2-5-11-21)26(31)19-25-16-9-17-34-25/h2,4-5,8-12,15-18,23,27H,3,6-7,13-14,19-20H2,1H3,(H,29,32). The molecular formula is C28H32N2O3S. The van der Waals surface area contributed by atoms with Crippen LogP contribution in [0.1, 0.15) is 54.1 Å². The Hall–Kier alpha value is -3.12. The smallest absolute Gasteiger partial charge is 0.247 e. The number of hydrogen-bond acceptors (Lipinski definition) is 4. The van der Waals surface area contributed by atoms with Gasteiger partial charge in [0.1, 0.15) is 11.8 Å². The second-order valence-electron chi connectivity index (χ2n) is 8.79. The lowest BCUT2D eigenvalue weighted by atomic mass is 9.94. The van der Waals surface area contributed by atoms with Crippen molar-refractivity contribution in [2.75, 3.05) is 7.11 Å². The Morgan fingerprint density at radius 2 is 1.82 bits per heavy atom. The summed E-state index contributed by atoms with van der Waals surface area (Å²) < 4.78 is 5.44. The van der Waals surface area contributed by atoms with Gasteiger partial charge in [-0.15, -0.1) is 11.3 Å². The van der Waals surface area contributed by atoms with E-state index in [1.165, 1.54) is 6.42 Å². The maximum atomic E-state index is 13.8. The molecule has 0 bridgehead atoms. The third-order valence-electron chi connectivity index (χ3n) is 6.34. The summed E-state index contributed by atoms with van der Waals surface area (Å²) in [5, 5.41) is 5.24. The number of carbonyl (C=O) groups excluding carboxylic acids is 2. The van der Waals surface area contributed by atoms with Crippen molar-refractivity contribution in [3.63, 3.8) is 0 Å². The van der Waals surface area contributed by atoms with E-state index >= 15 is 0 Å². The van der Waals surface area contributed by atoms with Crippen LogP contribution in [0.3, 0.4) is 0 Å². The van der Waals surface area contributed by atoms with Gasteiger partial charge in [0.25, 0.3) is 0 Å². The van der Waals surface area contributed by atoms with Crippen LogP contribution in [-0.4, -0.2) is 29.9 Å². The average Bonchev–Trinajstić information content (AvgIpc) is 3.38. The van der Waals surface area contributed by atoms with Gasteiger partial charge in [0.15, 0.2) is 0 Å². The summed E-state index contributed by atoms with van der Waals surface area (Å²) >= 11 is 1.56. The first-order valence-electron chi connectivity index (χ1n) is 11.9. The molecule has 2 aromatic carbocycles. The van der Waals surface area contributed by atoms with E-state index < -0.39 is 6.04 Å². The third-order valence-corrected chi connectivity index (χ3v) is 7.22. The molecule has 1 aliphatic rings. The number of hydrogen-bond donors (Lipinski definition) is 1. The molecule has 1 saturated carbocycles. The zero-order valence-corrected chi connectivity index (χ0v) is 20.4. The summed E-state index contributed by atoms with van der Waals surface area (Å²) in [6.45, 7) is 0.352. The molecule has 1 N–H and O–H groups in total. The van der Waals surface area contributed by atoms with E-state index in [1.54, 1.807) is 23.3 Å². The van der Waals surface area contributed by atoms with Crippen LogP contribution >= 0.6 is 11.3 Å². The summed E-state index contributed by atoms with van der Waals surface area (Å²) in [5.74, 6) is 0.465. The van der Waals surface area contributed by atoms with Gasteiger partial charge in [-0.2, -0.15) is 0 Å². The Balaban J connectivity index is 1.70. The molecule has 178 valence electrons. The van der Waals surface area contributed by atoms with Gasteiger partial charge in [-0.3, -0.25) is 9.59 Å². The van der Waals surface area contributed by atoms with Crippen LogP contribution in [0.2, 0.25) is 0 Å². The number of ether oxygens (including phenoxy) is 1. The number of amides is 2. The van der Waals surface area contributed by atoms with Crippen LogP contribution in [0.25, 0.3) is 0 Å². The SMILES string of the molecule is COc1cccc(C(C(=O)NC2CCCCC2)N(Cc2ccccc2)C(=O)Cc2cccs2)c1. The van der Waals surface area contributed by atoms with E-state index in [0.717, 1.165) is 41.7 Å². The van der Waals surface area contributed by atoms with Crippen molar-refractivity contribution in [3.8, 4) is 5.75 Å². The van der Waals surface area contributed by atoms with E-state index in [2.05, 4.69) is 5.32 Å². The van der Waals surface area contributed by atoms with Crippen LogP contribution in [-0.2, 0) is 22.6 Å². The maximum absolute atomic E-state index is 13.8. The van der Waals surface area contributed by atoms with Crippen molar-refractivity contribution in [3.05, 3.63) is 88.1 Å². The molecule has 0 saturated heterocycles. The molecule has 1 aromatic heterocycles. The molecular weight excluding hydrogens is 444 g/mol. The molecule has 0 aliphatic heterocycles. The predicted molar refractivity (Wildman–Crippen MR) is 136 cm³/mol. The lowest BCUT2D eigenvalue weighted by Gasteiger charge is -2.33. The fourth-order valence-electron chi connectivity index (χ4n) is 4.58. The Kier molecular flexibility index (Phi) is 8.36. The van der Waals surface area contributed by atoms with E-state index in [9.17, 15) is 9.59 Å². The molecule has 6 heteroatoms. The van der Waals surface area contributed by atoms with Gasteiger partial charge >= 0.3 is 0 Å². The molecule has 1 unspecified atom stereocenters. The lowest BCUT2D eigenvalue weighted by Crippen LogP contribution is -2.47. The lowest BCUT2D eigenvalue weighted by molar-refractivity contribution is -0.141. The Morgan fingerprint density at radius 1 is 1.03 bits per heavy atom. The predicted octanol–water partition coefficient (Wildman–Crippen LogP) is 5.52. The van der Waals surface area contributed by atoms with Crippen LogP contribution in [0.15, 0.2) is 72.1 Å². The highest BCUT2D eigenvalue weighted by Gasteiger charge is 2.33. The topological polar surface area (TPSA) is 58.6 Å². The zero-order chi connectivity index (χ0) is 23.8. The van der Waals surface area contributed by atoms with E-state index in [0.29, 0.717) is 12.3 Å². The number of benzene rings is 2. The Morgan fingerprint density at radius 3 is 2.53 bits per heavy atom. The molecule has 1 heterocycles. The Bertz CT molecular complexity index is 1060. The van der Waals surface area contributed by atoms with Gasteiger partial charge in [-0.1, -0.05) is 67.8 Å². The Labute approximate surface area is 205 Å². The quantitative estimate of drug-likeness (QED) is 0.443. The second-order valence-corrected chi connectivity index (χ2v) is 9.82. The molecule has 2 amide bonds. The maximum Gasteiger partial charge on any atom is 0.247 e. The molecule has 1 atom stereocenters. The monoisotopic (exact) mass is 476 g/mol. The molecule has 4 rings (SSSR count). The highest BCUT2D eigenvalue weighted by molar-refractivity contribution is 7.10. The van der Waals surface area contributed by atoms with E-state index in [-0.39, 0.29) is 24.3 Å². The number of rotatable bonds is 9. The number of carbonyl (C=O) groups is 2. The van der Waals surface area contributed by atoms with Crippen molar-refractivity contribution >= 4 is 23.2 Å². The van der Waals surface area contributed by atoms with Crippen molar-refractivity contribution in [1.29, 1.82) is 0 Å². The molecule has 3 aromatic rings. The first-order chi connectivity index (χ1) is 16.6. The molecule has 34 heavy (non-hydrogen) atoms. The number of nitrogens with one attached hydrogen (secondary N) is 1. The minimum atomic E-state index is -0.746. The van der Waals surface area contributed by atoms with Gasteiger partial charge in [0, 0.05) is 17.5 Å². The van der Waals surface area contributed by atoms with Crippen LogP contribution in [0.4, 0.5) is 0 Å². The van der Waals surface area contributed by atoms with E-state index in [1.807, 2.05) is 72.1 Å². The van der Waals surface area contributed by atoms with Gasteiger partial charge in [0.2, 0.25) is 11.8 Å². The first-order valence-corrected chi connectivity index (χ1v) is 12.8. The van der Waals surface area contributed by atoms with Gasteiger partial charge in [-0.25, -0.2) is 0 Å². The number of nitrogens with zero attached hydrogens (tertiary/aromatic N) is 1. The average molecular weight is 477 g/mol. The molecule has 0 radical (unpaired) electrons. The molecule has 0 spiro atoms. The van der Waals surface area contributed by atoms with Crippen molar-refractivity contribution in [2.24, 2.45) is 0 Å². The largest absolute Gasteiger partial charge is 0.497 e. The number of thiophene rings is 1. The van der Waals surface area contributed by atoms with Crippen molar-refractivity contribution in [1.82, 2.24) is 10.2 Å². The van der Waals surface area contributed by atoms with Crippen molar-refractivity contribution < 1.29 is 14.3 Å². The molecule has 5 nitrogen and oxygen atoms in total. The minimum Gasteiger partial charge on any atom is -0.497 e. The fourth-order valence-corrected chi connectivity index (χ4v) is 5.27. The number of methoxy groups -OCH3 is 1. The summed E-state index contributed by atoms with van der Waals surface area (Å²) in [6.07, 6.45) is 5.70. The summed E-state index contributed by atoms with van der Waals surface area (Å²) in [5.41, 5.74) is 1.74. The zero-order valence-electron chi connectivity index (χ0n) is 19.6. The summed E-state index contributed by atoms with van der Waals surface area (Å²) in [7, 11) is 1.61. The highest BCUT2D eigenvalue weighted by Crippen LogP contribution is 2.29. The van der Waals surface area contributed by atoms with Gasteiger partial charge in [0.05, 0.1) is 13.5 Å². The van der Waals surface area contributed by atoms with Crippen LogP contribution < -0.4 is 10.1 Å². The summed E-state index contributed by atoms with van der Waals surface area (Å²) in [6, 6.07) is 20.7. The second kappa shape index (κ2) is 11.8. The van der Waals surface area contributed by atoms with Gasteiger partial charge in [-0.05, 0) is 47.5 Å². The van der Waals surface area contributed by atoms with Crippen LogP contribution in [0.5, 0.6) is 5.75 Å². The fraction of sp³-hybridized carbons (Fsp3) is 0.357. The van der Waals surface area contributed by atoms with Crippen molar-refractivity contribution in [2.45, 2.75) is 57.2 Å². The molecule has 1 fully saturated rings. The van der Waals surface area contributed by atoms with Crippen LogP contribution in [0, 0.1) is 0 Å². The minimum absolute atomic E-state index is 0.0714. The van der Waals surface area contributed by atoms with Gasteiger partial charge < -0.3 is 15.0 Å². The highest BCUT2D eigenvalue weighted by atomic mass is 32.1. The normalized spacial score (nSPS) is 14.9. The third kappa shape index (κ3) is 6.26. The summed E-state index contributed by atoms with van der Waals surface area (Å²) in [4.78, 5) is 30.2.